The van der Waals surface area contributed by atoms with Crippen LogP contribution in [0.4, 0.5) is 0 Å². The molecule has 0 heterocycles. The van der Waals surface area contributed by atoms with Crippen LogP contribution in [0.25, 0.3) is 0 Å². The molecule has 30 heavy (non-hydrogen) atoms. The number of carboxylic acid groups (broad SMARTS) is 1. The van der Waals surface area contributed by atoms with E-state index in [0.29, 0.717) is 30.2 Å². The van der Waals surface area contributed by atoms with Crippen LogP contribution in [0.3, 0.4) is 0 Å². The summed E-state index contributed by atoms with van der Waals surface area (Å²) in [5, 5.41) is 9.26. The highest BCUT2D eigenvalue weighted by Gasteiger charge is 2.21. The summed E-state index contributed by atoms with van der Waals surface area (Å²) in [7, 11) is -3.68. The number of nitrogens with one attached hydrogen (secondary N) is 1. The lowest BCUT2D eigenvalue weighted by Crippen LogP contribution is -2.28. The Morgan fingerprint density at radius 1 is 1.00 bits per heavy atom. The molecule has 5 nitrogen and oxygen atoms in total. The van der Waals surface area contributed by atoms with Crippen molar-refractivity contribution in [2.24, 2.45) is 5.92 Å². The number of halogens is 1. The van der Waals surface area contributed by atoms with E-state index >= 15 is 0 Å². The van der Waals surface area contributed by atoms with E-state index in [1.54, 1.807) is 12.1 Å². The van der Waals surface area contributed by atoms with Gasteiger partial charge in [-0.1, -0.05) is 62.6 Å². The molecule has 0 aliphatic rings. The van der Waals surface area contributed by atoms with Gasteiger partial charge in [0.15, 0.2) is 0 Å². The number of hydrogen-bond acceptors (Lipinski definition) is 3. The van der Waals surface area contributed by atoms with Crippen LogP contribution in [0.2, 0.25) is 5.02 Å². The van der Waals surface area contributed by atoms with Crippen molar-refractivity contribution in [3.63, 3.8) is 0 Å². The fourth-order valence-electron chi connectivity index (χ4n) is 3.25. The van der Waals surface area contributed by atoms with Gasteiger partial charge in [-0.25, -0.2) is 13.1 Å². The number of aliphatic carboxylic acids is 1. The van der Waals surface area contributed by atoms with Crippen molar-refractivity contribution in [3.05, 3.63) is 64.7 Å². The van der Waals surface area contributed by atoms with Crippen LogP contribution in [0.15, 0.2) is 53.4 Å². The molecule has 0 spiro atoms. The zero-order chi connectivity index (χ0) is 22.1. The van der Waals surface area contributed by atoms with Gasteiger partial charge in [-0.2, -0.15) is 0 Å². The molecule has 2 aromatic carbocycles. The maximum atomic E-state index is 12.9. The van der Waals surface area contributed by atoms with Gasteiger partial charge in [0.2, 0.25) is 10.0 Å². The van der Waals surface area contributed by atoms with Crippen molar-refractivity contribution in [2.45, 2.75) is 63.3 Å². The van der Waals surface area contributed by atoms with E-state index in [1.807, 2.05) is 24.3 Å². The van der Waals surface area contributed by atoms with Crippen LogP contribution in [0, 0.1) is 5.92 Å². The predicted molar refractivity (Wildman–Crippen MR) is 120 cm³/mol. The van der Waals surface area contributed by atoms with Crippen LogP contribution >= 0.6 is 11.6 Å². The van der Waals surface area contributed by atoms with Crippen molar-refractivity contribution in [1.29, 1.82) is 0 Å². The minimum Gasteiger partial charge on any atom is -0.481 e. The van der Waals surface area contributed by atoms with E-state index in [0.717, 1.165) is 24.0 Å². The molecule has 0 saturated carbocycles. The molecule has 0 aliphatic carbocycles. The smallest absolute Gasteiger partial charge is 0.303 e. The lowest BCUT2D eigenvalue weighted by molar-refractivity contribution is -0.137. The van der Waals surface area contributed by atoms with Gasteiger partial charge in [0.25, 0.3) is 0 Å². The molecular formula is C23H30ClNO4S. The summed E-state index contributed by atoms with van der Waals surface area (Å²) in [6.45, 7) is 4.30. The molecule has 2 aromatic rings. The highest BCUT2D eigenvalue weighted by Crippen LogP contribution is 2.25. The van der Waals surface area contributed by atoms with Gasteiger partial charge in [-0.15, -0.1) is 0 Å². The summed E-state index contributed by atoms with van der Waals surface area (Å²) in [4.78, 5) is 10.9. The number of hydrogen-bond donors (Lipinski definition) is 2. The molecular weight excluding hydrogens is 422 g/mol. The van der Waals surface area contributed by atoms with Gasteiger partial charge >= 0.3 is 5.97 Å². The lowest BCUT2D eigenvalue weighted by atomic mass is 9.97. The van der Waals surface area contributed by atoms with Crippen LogP contribution in [-0.2, 0) is 21.2 Å². The summed E-state index contributed by atoms with van der Waals surface area (Å²) in [6.07, 6.45) is 4.03. The number of carbonyl (C=O) groups is 1. The van der Waals surface area contributed by atoms with Crippen LogP contribution in [0.5, 0.6) is 0 Å². The maximum Gasteiger partial charge on any atom is 0.303 e. The maximum absolute atomic E-state index is 12.9. The van der Waals surface area contributed by atoms with Gasteiger partial charge in [0.1, 0.15) is 0 Å². The Labute approximate surface area is 184 Å². The molecule has 0 unspecified atom stereocenters. The second-order valence-electron chi connectivity index (χ2n) is 7.94. The highest BCUT2D eigenvalue weighted by atomic mass is 35.5. The third-order valence-corrected chi connectivity index (χ3v) is 6.67. The molecule has 0 bridgehead atoms. The van der Waals surface area contributed by atoms with Crippen molar-refractivity contribution < 1.29 is 18.3 Å². The molecule has 1 atom stereocenters. The number of carboxylic acids is 1. The molecule has 2 N–H and O–H groups in total. The van der Waals surface area contributed by atoms with Gasteiger partial charge in [-0.05, 0) is 60.6 Å². The Hall–Kier alpha value is -1.89. The summed E-state index contributed by atoms with van der Waals surface area (Å²) >= 11 is 5.88. The molecule has 0 fully saturated rings. The monoisotopic (exact) mass is 451 g/mol. The van der Waals surface area contributed by atoms with E-state index in [4.69, 9.17) is 16.7 Å². The number of benzene rings is 2. The first kappa shape index (κ1) is 24.4. The normalized spacial score (nSPS) is 12.8. The number of aryl methyl sites for hydroxylation is 1. The van der Waals surface area contributed by atoms with E-state index in [1.165, 1.54) is 12.1 Å². The average Bonchev–Trinajstić information content (AvgIpc) is 2.67. The SMILES string of the molecule is CC(C)CCC[C@H](NS(=O)(=O)c1ccc(Cl)cc1)c1ccc(CCCC(=O)O)cc1. The van der Waals surface area contributed by atoms with Crippen LogP contribution < -0.4 is 4.72 Å². The van der Waals surface area contributed by atoms with Crippen molar-refractivity contribution in [1.82, 2.24) is 4.72 Å². The Kier molecular flexibility index (Phi) is 9.34. The first-order chi connectivity index (χ1) is 14.2. The van der Waals surface area contributed by atoms with Crippen LogP contribution in [-0.4, -0.2) is 19.5 Å². The predicted octanol–water partition coefficient (Wildman–Crippen LogP) is 5.59. The van der Waals surface area contributed by atoms with Crippen molar-refractivity contribution in [2.75, 3.05) is 0 Å². The average molecular weight is 452 g/mol. The quantitative estimate of drug-likeness (QED) is 0.440. The summed E-state index contributed by atoms with van der Waals surface area (Å²) in [5.41, 5.74) is 1.94. The molecule has 0 radical (unpaired) electrons. The number of sulfonamides is 1. The Morgan fingerprint density at radius 3 is 2.20 bits per heavy atom. The fraction of sp³-hybridized carbons (Fsp3) is 0.435. The van der Waals surface area contributed by atoms with Crippen molar-refractivity contribution >= 4 is 27.6 Å². The van der Waals surface area contributed by atoms with Gasteiger partial charge in [0, 0.05) is 17.5 Å². The Morgan fingerprint density at radius 2 is 1.63 bits per heavy atom. The van der Waals surface area contributed by atoms with Gasteiger partial charge in [0.05, 0.1) is 4.90 Å². The zero-order valence-corrected chi connectivity index (χ0v) is 19.0. The van der Waals surface area contributed by atoms with E-state index < -0.39 is 16.0 Å². The van der Waals surface area contributed by atoms with E-state index in [2.05, 4.69) is 18.6 Å². The minimum absolute atomic E-state index is 0.139. The minimum atomic E-state index is -3.68. The Bertz CT molecular complexity index is 909. The second-order valence-corrected chi connectivity index (χ2v) is 10.1. The van der Waals surface area contributed by atoms with Crippen molar-refractivity contribution in [3.8, 4) is 0 Å². The molecule has 0 aliphatic heterocycles. The number of rotatable bonds is 12. The third-order valence-electron chi connectivity index (χ3n) is 4.93. The third kappa shape index (κ3) is 8.09. The van der Waals surface area contributed by atoms with E-state index in [9.17, 15) is 13.2 Å². The first-order valence-electron chi connectivity index (χ1n) is 10.3. The lowest BCUT2D eigenvalue weighted by Gasteiger charge is -2.20. The molecule has 7 heteroatoms. The van der Waals surface area contributed by atoms with Crippen LogP contribution in [0.1, 0.15) is 63.1 Å². The molecule has 164 valence electrons. The fourth-order valence-corrected chi connectivity index (χ4v) is 4.64. The molecule has 2 rings (SSSR count). The second kappa shape index (κ2) is 11.5. The molecule has 0 aromatic heterocycles. The molecule has 0 amide bonds. The highest BCUT2D eigenvalue weighted by molar-refractivity contribution is 7.89. The zero-order valence-electron chi connectivity index (χ0n) is 17.5. The Balaban J connectivity index is 2.15. The first-order valence-corrected chi connectivity index (χ1v) is 12.1. The summed E-state index contributed by atoms with van der Waals surface area (Å²) in [5.74, 6) is -0.247. The van der Waals surface area contributed by atoms with E-state index in [-0.39, 0.29) is 17.4 Å². The summed E-state index contributed by atoms with van der Waals surface area (Å²) in [6, 6.07) is 13.6. The van der Waals surface area contributed by atoms with Gasteiger partial charge < -0.3 is 5.11 Å². The van der Waals surface area contributed by atoms with Gasteiger partial charge in [-0.3, -0.25) is 4.79 Å². The largest absolute Gasteiger partial charge is 0.481 e. The molecule has 0 saturated heterocycles. The summed E-state index contributed by atoms with van der Waals surface area (Å²) < 4.78 is 28.6. The topological polar surface area (TPSA) is 83.5 Å². The standard InChI is InChI=1S/C23H30ClNO4S/c1-17(2)5-3-7-22(25-30(28,29)21-15-13-20(24)14-16-21)19-11-9-18(10-12-19)6-4-8-23(26)27/h9-17,22,25H,3-8H2,1-2H3,(H,26,27)/t22-/m0/s1.